The molecule has 0 radical (unpaired) electrons. The van der Waals surface area contributed by atoms with Gasteiger partial charge in [0.15, 0.2) is 0 Å². The summed E-state index contributed by atoms with van der Waals surface area (Å²) in [7, 11) is 0. The molecule has 0 saturated carbocycles. The lowest BCUT2D eigenvalue weighted by Crippen LogP contribution is -2.35. The van der Waals surface area contributed by atoms with Crippen LogP contribution in [-0.4, -0.2) is 16.4 Å². The Kier molecular flexibility index (Phi) is 3.17. The predicted octanol–water partition coefficient (Wildman–Crippen LogP) is 4.68. The summed E-state index contributed by atoms with van der Waals surface area (Å²) in [4.78, 5) is 9.40. The number of nitrogens with zero attached hydrogens (tertiary/aromatic N) is 2. The van der Waals surface area contributed by atoms with Gasteiger partial charge in [-0.15, -0.1) is 0 Å². The smallest absolute Gasteiger partial charge is 0.147 e. The number of hydrogen-bond donors (Lipinski definition) is 1. The van der Waals surface area contributed by atoms with Crippen molar-refractivity contribution >= 4 is 22.3 Å². The molecular weight excluding hydrogens is 301 g/mol. The molecule has 0 atom stereocenters. The van der Waals surface area contributed by atoms with Crippen LogP contribution in [0.2, 0.25) is 0 Å². The Hall–Kier alpha value is -2.75. The zero-order valence-corrected chi connectivity index (χ0v) is 13.9. The number of aliphatic imine (C=N–C) groups is 1. The van der Waals surface area contributed by atoms with Gasteiger partial charge in [0.05, 0.1) is 16.9 Å². The Morgan fingerprint density at radius 2 is 1.88 bits per heavy atom. The molecule has 4 heteroatoms. The molecule has 2 heterocycles. The highest BCUT2D eigenvalue weighted by Gasteiger charge is 2.28. The number of fused-ring (bicyclic) bond motifs is 2. The van der Waals surface area contributed by atoms with Crippen LogP contribution in [0.4, 0.5) is 10.1 Å². The number of rotatable bonds is 1. The number of nitrogens with one attached hydrogen (secondary N) is 1. The molecule has 3 nitrogen and oxygen atoms in total. The standard InChI is InChI=1S/C20H18FN3/c1-12-6-4-7-13-10-14(11-22-17(12)13)18-15-8-5-9-16(21)19(15)24-20(2,3)23-18/h4-11,24H,1-3H3. The summed E-state index contributed by atoms with van der Waals surface area (Å²) in [5.41, 5.74) is 4.47. The average Bonchev–Trinajstić information content (AvgIpc) is 2.54. The van der Waals surface area contributed by atoms with E-state index in [1.165, 1.54) is 6.07 Å². The molecular formula is C20H18FN3. The van der Waals surface area contributed by atoms with Crippen LogP contribution in [0, 0.1) is 12.7 Å². The van der Waals surface area contributed by atoms with Crippen LogP contribution in [0.3, 0.4) is 0 Å². The summed E-state index contributed by atoms with van der Waals surface area (Å²) in [5.74, 6) is -0.266. The molecule has 0 saturated heterocycles. The summed E-state index contributed by atoms with van der Waals surface area (Å²) < 4.78 is 14.3. The van der Waals surface area contributed by atoms with Gasteiger partial charge in [0.25, 0.3) is 0 Å². The molecule has 1 N–H and O–H groups in total. The number of hydrogen-bond acceptors (Lipinski definition) is 3. The van der Waals surface area contributed by atoms with E-state index >= 15 is 0 Å². The summed E-state index contributed by atoms with van der Waals surface area (Å²) >= 11 is 0. The third-order valence-electron chi connectivity index (χ3n) is 4.28. The zero-order valence-electron chi connectivity index (χ0n) is 13.9. The summed E-state index contributed by atoms with van der Waals surface area (Å²) in [6, 6.07) is 13.2. The Labute approximate surface area is 140 Å². The van der Waals surface area contributed by atoms with Crippen molar-refractivity contribution in [2.45, 2.75) is 26.4 Å². The monoisotopic (exact) mass is 319 g/mol. The second kappa shape index (κ2) is 5.13. The lowest BCUT2D eigenvalue weighted by molar-refractivity contribution is 0.574. The van der Waals surface area contributed by atoms with Crippen molar-refractivity contribution in [3.8, 4) is 0 Å². The maximum atomic E-state index is 14.3. The number of anilines is 1. The molecule has 0 spiro atoms. The van der Waals surface area contributed by atoms with E-state index < -0.39 is 5.66 Å². The maximum absolute atomic E-state index is 14.3. The van der Waals surface area contributed by atoms with E-state index in [0.29, 0.717) is 5.69 Å². The third kappa shape index (κ3) is 2.35. The van der Waals surface area contributed by atoms with Crippen LogP contribution in [0.5, 0.6) is 0 Å². The highest BCUT2D eigenvalue weighted by Crippen LogP contribution is 2.32. The fraction of sp³-hybridized carbons (Fsp3) is 0.200. The molecule has 1 aliphatic rings. The minimum absolute atomic E-state index is 0.266. The van der Waals surface area contributed by atoms with E-state index in [2.05, 4.69) is 16.4 Å². The van der Waals surface area contributed by atoms with Crippen LogP contribution in [-0.2, 0) is 0 Å². The van der Waals surface area contributed by atoms with Crippen LogP contribution >= 0.6 is 0 Å². The summed E-state index contributed by atoms with van der Waals surface area (Å²) in [6.07, 6.45) is 1.82. The van der Waals surface area contributed by atoms with Gasteiger partial charge >= 0.3 is 0 Å². The molecule has 0 bridgehead atoms. The van der Waals surface area contributed by atoms with Gasteiger partial charge in [-0.3, -0.25) is 9.98 Å². The molecule has 0 aliphatic carbocycles. The number of halogens is 1. The fourth-order valence-electron chi connectivity index (χ4n) is 3.19. The van der Waals surface area contributed by atoms with Crippen molar-refractivity contribution < 1.29 is 4.39 Å². The Morgan fingerprint density at radius 3 is 2.71 bits per heavy atom. The summed E-state index contributed by atoms with van der Waals surface area (Å²) in [6.45, 7) is 5.91. The van der Waals surface area contributed by atoms with Gasteiger partial charge in [-0.2, -0.15) is 0 Å². The van der Waals surface area contributed by atoms with Gasteiger partial charge in [0, 0.05) is 22.7 Å². The molecule has 0 fully saturated rings. The van der Waals surface area contributed by atoms with E-state index in [9.17, 15) is 4.39 Å². The van der Waals surface area contributed by atoms with Crippen molar-refractivity contribution in [2.75, 3.05) is 5.32 Å². The van der Waals surface area contributed by atoms with Crippen LogP contribution in [0.15, 0.2) is 53.7 Å². The maximum Gasteiger partial charge on any atom is 0.147 e. The molecule has 1 aliphatic heterocycles. The van der Waals surface area contributed by atoms with E-state index in [1.807, 2.05) is 51.2 Å². The minimum atomic E-state index is -0.577. The Morgan fingerprint density at radius 1 is 1.08 bits per heavy atom. The first-order chi connectivity index (χ1) is 11.4. The molecule has 120 valence electrons. The summed E-state index contributed by atoms with van der Waals surface area (Å²) in [5, 5.41) is 4.23. The van der Waals surface area contributed by atoms with Crippen molar-refractivity contribution in [1.82, 2.24) is 4.98 Å². The highest BCUT2D eigenvalue weighted by molar-refractivity contribution is 6.17. The quantitative estimate of drug-likeness (QED) is 0.707. The molecule has 0 unspecified atom stereocenters. The third-order valence-corrected chi connectivity index (χ3v) is 4.28. The molecule has 2 aromatic carbocycles. The molecule has 24 heavy (non-hydrogen) atoms. The van der Waals surface area contributed by atoms with Gasteiger partial charge in [-0.1, -0.05) is 30.3 Å². The number of pyridine rings is 1. The van der Waals surface area contributed by atoms with Gasteiger partial charge in [0.1, 0.15) is 11.5 Å². The SMILES string of the molecule is Cc1cccc2cc(C3=NC(C)(C)Nc4c(F)cccc43)cnc12. The fourth-order valence-corrected chi connectivity index (χ4v) is 3.19. The van der Waals surface area contributed by atoms with Gasteiger partial charge in [0.2, 0.25) is 0 Å². The lowest BCUT2D eigenvalue weighted by atomic mass is 9.96. The van der Waals surface area contributed by atoms with Gasteiger partial charge in [-0.05, 0) is 38.5 Å². The first kappa shape index (κ1) is 14.8. The normalized spacial score (nSPS) is 15.6. The topological polar surface area (TPSA) is 37.3 Å². The second-order valence-corrected chi connectivity index (χ2v) is 6.68. The highest BCUT2D eigenvalue weighted by atomic mass is 19.1. The van der Waals surface area contributed by atoms with Crippen molar-refractivity contribution in [1.29, 1.82) is 0 Å². The molecule has 3 aromatic rings. The zero-order chi connectivity index (χ0) is 16.9. The first-order valence-electron chi connectivity index (χ1n) is 7.97. The number of benzene rings is 2. The van der Waals surface area contributed by atoms with Crippen molar-refractivity contribution in [3.63, 3.8) is 0 Å². The van der Waals surface area contributed by atoms with Crippen LogP contribution < -0.4 is 5.32 Å². The first-order valence-corrected chi connectivity index (χ1v) is 7.97. The lowest BCUT2D eigenvalue weighted by Gasteiger charge is -2.31. The van der Waals surface area contributed by atoms with Gasteiger partial charge < -0.3 is 5.32 Å². The molecule has 0 amide bonds. The largest absolute Gasteiger partial charge is 0.359 e. The molecule has 4 rings (SSSR count). The second-order valence-electron chi connectivity index (χ2n) is 6.68. The average molecular weight is 319 g/mol. The van der Waals surface area contributed by atoms with Crippen LogP contribution in [0.25, 0.3) is 10.9 Å². The van der Waals surface area contributed by atoms with Gasteiger partial charge in [-0.25, -0.2) is 4.39 Å². The van der Waals surface area contributed by atoms with Crippen LogP contribution in [0.1, 0.15) is 30.5 Å². The van der Waals surface area contributed by atoms with E-state index in [0.717, 1.165) is 33.3 Å². The van der Waals surface area contributed by atoms with E-state index in [1.54, 1.807) is 6.07 Å². The Bertz CT molecular complexity index is 989. The van der Waals surface area contributed by atoms with Crippen molar-refractivity contribution in [2.24, 2.45) is 4.99 Å². The minimum Gasteiger partial charge on any atom is -0.359 e. The number of aryl methyl sites for hydroxylation is 1. The van der Waals surface area contributed by atoms with Crippen molar-refractivity contribution in [3.05, 3.63) is 71.2 Å². The molecule has 1 aromatic heterocycles. The number of aromatic nitrogens is 1. The predicted molar refractivity (Wildman–Crippen MR) is 96.2 cm³/mol. The van der Waals surface area contributed by atoms with E-state index in [-0.39, 0.29) is 5.82 Å². The number of para-hydroxylation sites is 2. The van der Waals surface area contributed by atoms with E-state index in [4.69, 9.17) is 4.99 Å². The Balaban J connectivity index is 1.95.